The quantitative estimate of drug-likeness (QED) is 0.443. The molecule has 0 aliphatic carbocycles. The number of alkyl halides is 2. The molecule has 2 N–H and O–H groups in total. The van der Waals surface area contributed by atoms with Crippen molar-refractivity contribution in [3.8, 4) is 0 Å². The van der Waals surface area contributed by atoms with Crippen molar-refractivity contribution in [3.63, 3.8) is 0 Å². The van der Waals surface area contributed by atoms with Crippen LogP contribution in [0.5, 0.6) is 0 Å². The number of aliphatic hydroxyl groups is 1. The van der Waals surface area contributed by atoms with E-state index >= 15 is 0 Å². The second-order valence-electron chi connectivity index (χ2n) is 11.6. The van der Waals surface area contributed by atoms with E-state index in [0.717, 1.165) is 0 Å². The molecule has 1 saturated heterocycles. The van der Waals surface area contributed by atoms with Gasteiger partial charge in [-0.25, -0.2) is 27.0 Å². The number of sulfone groups is 1. The number of rotatable bonds is 6. The largest absolute Gasteiger partial charge is 0.444 e. The molecule has 13 heteroatoms. The van der Waals surface area contributed by atoms with Crippen LogP contribution in [0.2, 0.25) is 0 Å². The molecule has 0 spiro atoms. The number of anilines is 2. The number of ether oxygens (including phenoxy) is 1. The molecule has 2 aliphatic rings. The van der Waals surface area contributed by atoms with Crippen LogP contribution in [0.1, 0.15) is 38.3 Å². The minimum absolute atomic E-state index is 0.126. The van der Waals surface area contributed by atoms with Gasteiger partial charge in [-0.1, -0.05) is 24.3 Å². The Kier molecular flexibility index (Phi) is 7.53. The Labute approximate surface area is 237 Å². The maximum absolute atomic E-state index is 13.6. The number of alkyl carbamates (subject to hydrolysis) is 1. The fourth-order valence-corrected chi connectivity index (χ4v) is 6.62. The van der Waals surface area contributed by atoms with Gasteiger partial charge in [0.05, 0.1) is 22.8 Å². The van der Waals surface area contributed by atoms with E-state index in [4.69, 9.17) is 9.72 Å². The number of aliphatic hydroxyl groups excluding tert-OH is 1. The summed E-state index contributed by atoms with van der Waals surface area (Å²) < 4.78 is 58.3. The van der Waals surface area contributed by atoms with Crippen LogP contribution in [0.4, 0.5) is 25.3 Å². The number of carbonyl (C=O) groups is 1. The van der Waals surface area contributed by atoms with Crippen LogP contribution in [0.25, 0.3) is 10.9 Å². The van der Waals surface area contributed by atoms with Gasteiger partial charge in [-0.05, 0) is 44.5 Å². The number of hydrogen-bond acceptors (Lipinski definition) is 9. The Morgan fingerprint density at radius 3 is 2.56 bits per heavy atom. The Bertz CT molecular complexity index is 1570. The van der Waals surface area contributed by atoms with Crippen molar-refractivity contribution in [2.75, 3.05) is 48.3 Å². The van der Waals surface area contributed by atoms with Crippen molar-refractivity contribution in [1.82, 2.24) is 15.3 Å². The Balaban J connectivity index is 1.47. The van der Waals surface area contributed by atoms with Gasteiger partial charge in [0.15, 0.2) is 9.84 Å². The maximum Gasteiger partial charge on any atom is 0.407 e. The van der Waals surface area contributed by atoms with Crippen LogP contribution in [0.3, 0.4) is 0 Å². The smallest absolute Gasteiger partial charge is 0.407 e. The fraction of sp³-hybridized carbons (Fsp3) is 0.464. The molecule has 3 aromatic rings. The average Bonchev–Trinajstić information content (AvgIpc) is 3.02. The predicted molar refractivity (Wildman–Crippen MR) is 150 cm³/mol. The molecule has 0 atom stereocenters. The van der Waals surface area contributed by atoms with E-state index in [-0.39, 0.29) is 48.4 Å². The number of hydrogen-bond donors (Lipinski definition) is 2. The highest BCUT2D eigenvalue weighted by atomic mass is 32.2. The number of benzene rings is 2. The lowest BCUT2D eigenvalue weighted by Gasteiger charge is -2.50. The van der Waals surface area contributed by atoms with E-state index < -0.39 is 33.4 Å². The van der Waals surface area contributed by atoms with Gasteiger partial charge >= 0.3 is 6.09 Å². The van der Waals surface area contributed by atoms with Gasteiger partial charge in [-0.15, -0.1) is 0 Å². The van der Waals surface area contributed by atoms with Gasteiger partial charge in [0.1, 0.15) is 11.4 Å². The molecule has 5 rings (SSSR count). The van der Waals surface area contributed by atoms with Gasteiger partial charge in [0.25, 0.3) is 6.43 Å². The second-order valence-corrected chi connectivity index (χ2v) is 13.7. The van der Waals surface area contributed by atoms with E-state index in [2.05, 4.69) is 10.3 Å². The SMILES string of the molecule is CC(C)(C)OC(=O)NCC1(CO)CN(c2nc(N3CCS(=O)(=O)c4ccccc4C3)nc3ccc(C(F)F)cc23)C1. The third kappa shape index (κ3) is 6.05. The fourth-order valence-electron chi connectivity index (χ4n) is 5.12. The number of aromatic nitrogens is 2. The molecule has 0 saturated carbocycles. The summed E-state index contributed by atoms with van der Waals surface area (Å²) >= 11 is 0. The van der Waals surface area contributed by atoms with Crippen LogP contribution >= 0.6 is 0 Å². The maximum atomic E-state index is 13.6. The first-order valence-corrected chi connectivity index (χ1v) is 14.9. The second kappa shape index (κ2) is 10.7. The molecular formula is C28H33F2N5O5S. The van der Waals surface area contributed by atoms with E-state index in [1.807, 2.05) is 4.90 Å². The predicted octanol–water partition coefficient (Wildman–Crippen LogP) is 3.68. The molecule has 1 fully saturated rings. The molecule has 10 nitrogen and oxygen atoms in total. The molecule has 0 radical (unpaired) electrons. The summed E-state index contributed by atoms with van der Waals surface area (Å²) in [7, 11) is -3.50. The van der Waals surface area contributed by atoms with E-state index in [1.165, 1.54) is 18.2 Å². The highest BCUT2D eigenvalue weighted by molar-refractivity contribution is 7.91. The van der Waals surface area contributed by atoms with Crippen LogP contribution < -0.4 is 15.1 Å². The van der Waals surface area contributed by atoms with E-state index in [0.29, 0.717) is 35.4 Å². The number of carbonyl (C=O) groups excluding carboxylic acids is 1. The molecule has 2 aliphatic heterocycles. The highest BCUT2D eigenvalue weighted by Gasteiger charge is 2.44. The molecule has 0 bridgehead atoms. The molecule has 0 unspecified atom stereocenters. The highest BCUT2D eigenvalue weighted by Crippen LogP contribution is 2.38. The third-order valence-electron chi connectivity index (χ3n) is 7.22. The van der Waals surface area contributed by atoms with Crippen LogP contribution in [0, 0.1) is 5.41 Å². The number of nitrogens with zero attached hydrogens (tertiary/aromatic N) is 4. The average molecular weight is 590 g/mol. The summed E-state index contributed by atoms with van der Waals surface area (Å²) in [5.74, 6) is 0.547. The lowest BCUT2D eigenvalue weighted by molar-refractivity contribution is 0.0428. The number of nitrogens with one attached hydrogen (secondary N) is 1. The van der Waals surface area contributed by atoms with Crippen molar-refractivity contribution in [1.29, 1.82) is 0 Å². The Hall–Kier alpha value is -3.58. The molecule has 41 heavy (non-hydrogen) atoms. The minimum Gasteiger partial charge on any atom is -0.444 e. The lowest BCUT2D eigenvalue weighted by atomic mass is 9.80. The number of halogens is 2. The van der Waals surface area contributed by atoms with Gasteiger partial charge in [-0.2, -0.15) is 4.98 Å². The summed E-state index contributed by atoms with van der Waals surface area (Å²) in [6.45, 7) is 6.18. The summed E-state index contributed by atoms with van der Waals surface area (Å²) in [5, 5.41) is 13.3. The zero-order valence-corrected chi connectivity index (χ0v) is 23.9. The standard InChI is InChI=1S/C28H33F2N5O5S/c1-27(2,3)40-26(37)31-14-28(17-36)15-35(16-28)24-20-12-18(23(29)30)8-9-21(20)32-25(33-24)34-10-11-41(38,39)22-7-5-4-6-19(22)13-34/h4-9,12,23,36H,10-11,13-17H2,1-3H3,(H,31,37). The van der Waals surface area contributed by atoms with Crippen LogP contribution in [-0.2, 0) is 21.1 Å². The molecule has 1 amide bonds. The number of amides is 1. The first-order valence-electron chi connectivity index (χ1n) is 13.3. The molecule has 3 heterocycles. The van der Waals surface area contributed by atoms with Crippen molar-refractivity contribution < 1.29 is 31.8 Å². The molecular weight excluding hydrogens is 556 g/mol. The third-order valence-corrected chi connectivity index (χ3v) is 9.00. The van der Waals surface area contributed by atoms with Crippen LogP contribution in [-0.4, -0.2) is 73.7 Å². The molecule has 1 aromatic heterocycles. The van der Waals surface area contributed by atoms with Crippen molar-refractivity contribution in [2.45, 2.75) is 44.2 Å². The summed E-state index contributed by atoms with van der Waals surface area (Å²) in [5.41, 5.74) is -0.480. The topological polar surface area (TPSA) is 125 Å². The van der Waals surface area contributed by atoms with Gasteiger partial charge in [-0.3, -0.25) is 0 Å². The first-order chi connectivity index (χ1) is 19.3. The normalized spacial score (nSPS) is 18.0. The molecule has 220 valence electrons. The van der Waals surface area contributed by atoms with Gasteiger partial charge in [0.2, 0.25) is 5.95 Å². The lowest BCUT2D eigenvalue weighted by Crippen LogP contribution is -2.63. The van der Waals surface area contributed by atoms with E-state index in [9.17, 15) is 27.1 Å². The minimum atomic E-state index is -3.50. The van der Waals surface area contributed by atoms with Crippen LogP contribution in [0.15, 0.2) is 47.4 Å². The van der Waals surface area contributed by atoms with Crippen molar-refractivity contribution >= 4 is 38.6 Å². The van der Waals surface area contributed by atoms with Crippen molar-refractivity contribution in [2.24, 2.45) is 5.41 Å². The first kappa shape index (κ1) is 28.9. The molecule has 2 aromatic carbocycles. The van der Waals surface area contributed by atoms with E-state index in [1.54, 1.807) is 49.9 Å². The monoisotopic (exact) mass is 589 g/mol. The summed E-state index contributed by atoms with van der Waals surface area (Å²) in [6, 6.07) is 11.0. The summed E-state index contributed by atoms with van der Waals surface area (Å²) in [4.78, 5) is 25.5. The zero-order valence-electron chi connectivity index (χ0n) is 23.1. The number of fused-ring (bicyclic) bond motifs is 2. The van der Waals surface area contributed by atoms with Crippen molar-refractivity contribution in [3.05, 3.63) is 53.6 Å². The zero-order chi connectivity index (χ0) is 29.6. The van der Waals surface area contributed by atoms with Gasteiger partial charge in [0, 0.05) is 49.1 Å². The Morgan fingerprint density at radius 1 is 1.15 bits per heavy atom. The summed E-state index contributed by atoms with van der Waals surface area (Å²) in [6.07, 6.45) is -3.29. The van der Waals surface area contributed by atoms with Gasteiger partial charge < -0.3 is 25.0 Å². The Morgan fingerprint density at radius 2 is 1.88 bits per heavy atom.